The van der Waals surface area contributed by atoms with Crippen LogP contribution in [0.1, 0.15) is 6.92 Å². The predicted molar refractivity (Wildman–Crippen MR) is 128 cm³/mol. The van der Waals surface area contributed by atoms with E-state index in [0.717, 1.165) is 17.5 Å². The van der Waals surface area contributed by atoms with Gasteiger partial charge in [0.25, 0.3) is 5.56 Å². The van der Waals surface area contributed by atoms with E-state index in [9.17, 15) is 4.79 Å². The van der Waals surface area contributed by atoms with E-state index in [1.807, 2.05) is 33.2 Å². The minimum atomic E-state index is -0.146. The quantitative estimate of drug-likeness (QED) is 0.461. The van der Waals surface area contributed by atoms with Crippen molar-refractivity contribution in [2.24, 2.45) is 0 Å². The maximum absolute atomic E-state index is 13.3. The van der Waals surface area contributed by atoms with E-state index in [4.69, 9.17) is 11.6 Å². The van der Waals surface area contributed by atoms with Gasteiger partial charge in [-0.15, -0.1) is 0 Å². The monoisotopic (exact) mass is 449 g/mol. The van der Waals surface area contributed by atoms with Crippen molar-refractivity contribution in [3.8, 4) is 22.4 Å². The summed E-state index contributed by atoms with van der Waals surface area (Å²) in [6.45, 7) is 3.96. The van der Waals surface area contributed by atoms with Gasteiger partial charge in [-0.1, -0.05) is 23.7 Å². The summed E-state index contributed by atoms with van der Waals surface area (Å²) in [6, 6.07) is 7.33. The van der Waals surface area contributed by atoms with Crippen LogP contribution in [-0.2, 0) is 6.54 Å². The summed E-state index contributed by atoms with van der Waals surface area (Å²) in [4.78, 5) is 32.8. The number of hydrogen-bond donors (Lipinski definition) is 1. The molecule has 0 atom stereocenters. The van der Waals surface area contributed by atoms with Crippen LogP contribution in [0.4, 0.5) is 5.95 Å². The van der Waals surface area contributed by atoms with Gasteiger partial charge in [0.05, 0.1) is 11.9 Å². The molecule has 0 unspecified atom stereocenters. The average Bonchev–Trinajstić information content (AvgIpc) is 2.79. The zero-order chi connectivity index (χ0) is 22.7. The van der Waals surface area contributed by atoms with Crippen molar-refractivity contribution in [3.05, 3.63) is 64.4 Å². The lowest BCUT2D eigenvalue weighted by Gasteiger charge is -2.14. The maximum Gasteiger partial charge on any atom is 0.260 e. The van der Waals surface area contributed by atoms with Gasteiger partial charge in [0.1, 0.15) is 5.65 Å². The molecular weight excluding hydrogens is 426 g/mol. The highest BCUT2D eigenvalue weighted by Crippen LogP contribution is 2.31. The molecule has 1 aromatic carbocycles. The van der Waals surface area contributed by atoms with Crippen LogP contribution >= 0.6 is 11.6 Å². The Bertz CT molecular complexity index is 1310. The van der Waals surface area contributed by atoms with Gasteiger partial charge in [0.15, 0.2) is 0 Å². The molecule has 0 spiro atoms. The molecule has 0 fully saturated rings. The number of nitrogens with one attached hydrogen (secondary N) is 1. The highest BCUT2D eigenvalue weighted by atomic mass is 35.5. The van der Waals surface area contributed by atoms with Crippen molar-refractivity contribution in [2.45, 2.75) is 13.5 Å². The molecule has 9 heteroatoms. The highest BCUT2D eigenvalue weighted by molar-refractivity contribution is 6.33. The number of fused-ring (bicyclic) bond motifs is 1. The van der Waals surface area contributed by atoms with Crippen LogP contribution in [0.5, 0.6) is 0 Å². The summed E-state index contributed by atoms with van der Waals surface area (Å²) in [7, 11) is 4.01. The molecule has 0 saturated heterocycles. The topological polar surface area (TPSA) is 88.8 Å². The zero-order valence-corrected chi connectivity index (χ0v) is 19.0. The molecule has 0 aliphatic heterocycles. The smallest absolute Gasteiger partial charge is 0.260 e. The summed E-state index contributed by atoms with van der Waals surface area (Å²) in [5.41, 5.74) is 3.16. The fourth-order valence-electron chi connectivity index (χ4n) is 3.46. The number of pyridine rings is 1. The van der Waals surface area contributed by atoms with Crippen molar-refractivity contribution < 1.29 is 0 Å². The predicted octanol–water partition coefficient (Wildman–Crippen LogP) is 3.56. The molecule has 8 nitrogen and oxygen atoms in total. The average molecular weight is 450 g/mol. The molecule has 0 radical (unpaired) electrons. The third-order valence-corrected chi connectivity index (χ3v) is 5.42. The Labute approximate surface area is 190 Å². The molecule has 4 aromatic rings. The molecule has 0 bridgehead atoms. The standard InChI is InChI=1S/C23H24ClN7O/c1-4-31-21-16(13-28-23(29-21)27-9-10-30(2)3)11-18(22(31)32)17-6-5-15(12-19(17)24)20-14-25-7-8-26-20/h5-8,11-14H,4,9-10H2,1-3H3,(H,27,28,29). The molecule has 0 aliphatic carbocycles. The fraction of sp³-hybridized carbons (Fsp3) is 0.261. The second-order valence-corrected chi connectivity index (χ2v) is 8.00. The van der Waals surface area contributed by atoms with Crippen LogP contribution in [-0.4, -0.2) is 56.6 Å². The Kier molecular flexibility index (Phi) is 6.43. The van der Waals surface area contributed by atoms with E-state index in [-0.39, 0.29) is 5.56 Å². The molecule has 1 N–H and O–H groups in total. The van der Waals surface area contributed by atoms with Gasteiger partial charge in [0, 0.05) is 65.3 Å². The van der Waals surface area contributed by atoms with E-state index >= 15 is 0 Å². The van der Waals surface area contributed by atoms with E-state index in [0.29, 0.717) is 46.5 Å². The Hall–Kier alpha value is -3.36. The molecule has 3 aromatic heterocycles. The molecule has 0 aliphatic rings. The first-order valence-electron chi connectivity index (χ1n) is 10.3. The summed E-state index contributed by atoms with van der Waals surface area (Å²) >= 11 is 6.60. The zero-order valence-electron chi connectivity index (χ0n) is 18.2. The van der Waals surface area contributed by atoms with Crippen molar-refractivity contribution in [1.82, 2.24) is 29.4 Å². The second-order valence-electron chi connectivity index (χ2n) is 7.60. The Morgan fingerprint density at radius 2 is 1.94 bits per heavy atom. The number of aryl methyl sites for hydroxylation is 1. The molecular formula is C23H24ClN7O. The van der Waals surface area contributed by atoms with E-state index in [1.54, 1.807) is 41.5 Å². The van der Waals surface area contributed by atoms with Crippen LogP contribution in [0, 0.1) is 0 Å². The second kappa shape index (κ2) is 9.42. The molecule has 0 saturated carbocycles. The van der Waals surface area contributed by atoms with Gasteiger partial charge >= 0.3 is 0 Å². The van der Waals surface area contributed by atoms with Crippen molar-refractivity contribution in [2.75, 3.05) is 32.5 Å². The van der Waals surface area contributed by atoms with Crippen LogP contribution in [0.25, 0.3) is 33.4 Å². The van der Waals surface area contributed by atoms with Crippen molar-refractivity contribution in [1.29, 1.82) is 0 Å². The summed E-state index contributed by atoms with van der Waals surface area (Å²) in [5.74, 6) is 0.500. The van der Waals surface area contributed by atoms with Gasteiger partial charge in [-0.25, -0.2) is 4.98 Å². The maximum atomic E-state index is 13.3. The summed E-state index contributed by atoms with van der Waals surface area (Å²) < 4.78 is 1.65. The number of benzene rings is 1. The van der Waals surface area contributed by atoms with Crippen molar-refractivity contribution in [3.63, 3.8) is 0 Å². The minimum absolute atomic E-state index is 0.146. The number of likely N-dealkylation sites (N-methyl/N-ethyl adjacent to an activating group) is 1. The lowest BCUT2D eigenvalue weighted by Crippen LogP contribution is -2.24. The van der Waals surface area contributed by atoms with Crippen LogP contribution in [0.2, 0.25) is 5.02 Å². The summed E-state index contributed by atoms with van der Waals surface area (Å²) in [5, 5.41) is 4.44. The lowest BCUT2D eigenvalue weighted by atomic mass is 10.0. The first-order chi connectivity index (χ1) is 15.5. The van der Waals surface area contributed by atoms with E-state index in [2.05, 4.69) is 30.2 Å². The minimum Gasteiger partial charge on any atom is -0.353 e. The van der Waals surface area contributed by atoms with Gasteiger partial charge in [-0.05, 0) is 33.2 Å². The SMILES string of the molecule is CCn1c(=O)c(-c2ccc(-c3cnccn3)cc2Cl)cc2cnc(NCCN(C)C)nc21. The largest absolute Gasteiger partial charge is 0.353 e. The number of rotatable bonds is 7. The molecule has 32 heavy (non-hydrogen) atoms. The van der Waals surface area contributed by atoms with Gasteiger partial charge < -0.3 is 10.2 Å². The number of halogens is 1. The fourth-order valence-corrected chi connectivity index (χ4v) is 3.75. The van der Waals surface area contributed by atoms with Gasteiger partial charge in [-0.2, -0.15) is 4.98 Å². The Morgan fingerprint density at radius 3 is 2.62 bits per heavy atom. The highest BCUT2D eigenvalue weighted by Gasteiger charge is 2.15. The molecule has 3 heterocycles. The summed E-state index contributed by atoms with van der Waals surface area (Å²) in [6.07, 6.45) is 6.65. The number of aromatic nitrogens is 5. The molecule has 0 amide bonds. The normalized spacial score (nSPS) is 11.3. The van der Waals surface area contributed by atoms with Crippen LogP contribution < -0.4 is 10.9 Å². The van der Waals surface area contributed by atoms with Crippen LogP contribution in [0.15, 0.2) is 53.8 Å². The number of nitrogens with zero attached hydrogens (tertiary/aromatic N) is 6. The van der Waals surface area contributed by atoms with Gasteiger partial charge in [0.2, 0.25) is 5.95 Å². The molecule has 4 rings (SSSR count). The van der Waals surface area contributed by atoms with Gasteiger partial charge in [-0.3, -0.25) is 19.3 Å². The molecule has 164 valence electrons. The first kappa shape index (κ1) is 21.9. The Balaban J connectivity index is 1.75. The van der Waals surface area contributed by atoms with E-state index in [1.165, 1.54) is 0 Å². The first-order valence-corrected chi connectivity index (χ1v) is 10.7. The lowest BCUT2D eigenvalue weighted by molar-refractivity contribution is 0.425. The van der Waals surface area contributed by atoms with Crippen LogP contribution in [0.3, 0.4) is 0 Å². The number of hydrogen-bond acceptors (Lipinski definition) is 7. The van der Waals surface area contributed by atoms with Crippen molar-refractivity contribution >= 4 is 28.6 Å². The van der Waals surface area contributed by atoms with E-state index < -0.39 is 0 Å². The third kappa shape index (κ3) is 4.46. The third-order valence-electron chi connectivity index (χ3n) is 5.10. The number of anilines is 1. The Morgan fingerprint density at radius 1 is 1.09 bits per heavy atom.